The normalized spacial score (nSPS) is 11.6. The summed E-state index contributed by atoms with van der Waals surface area (Å²) >= 11 is 1.87. The van der Waals surface area contributed by atoms with Gasteiger partial charge in [0.1, 0.15) is 0 Å². The van der Waals surface area contributed by atoms with E-state index < -0.39 is 0 Å². The molecule has 2 heteroatoms. The van der Waals surface area contributed by atoms with Crippen molar-refractivity contribution in [3.63, 3.8) is 0 Å². The maximum atomic E-state index is 2.42. The molecule has 0 atom stereocenters. The highest BCUT2D eigenvalue weighted by atomic mass is 32.1. The van der Waals surface area contributed by atoms with Crippen LogP contribution < -0.4 is 4.90 Å². The van der Waals surface area contributed by atoms with E-state index in [2.05, 4.69) is 193 Å². The van der Waals surface area contributed by atoms with Crippen molar-refractivity contribution in [1.29, 1.82) is 0 Å². The average Bonchev–Trinajstić information content (AvgIpc) is 3.58. The molecule has 0 amide bonds. The van der Waals surface area contributed by atoms with Gasteiger partial charge in [0.05, 0.1) is 10.4 Å². The lowest BCUT2D eigenvalue weighted by Crippen LogP contribution is -2.10. The minimum absolute atomic E-state index is 1.13. The highest BCUT2D eigenvalue weighted by molar-refractivity contribution is 7.26. The molecule has 10 rings (SSSR count). The largest absolute Gasteiger partial charge is 0.309 e. The Kier molecular flexibility index (Phi) is 6.75. The van der Waals surface area contributed by atoms with Crippen LogP contribution in [0.25, 0.3) is 74.7 Å². The zero-order valence-electron chi connectivity index (χ0n) is 27.3. The van der Waals surface area contributed by atoms with Gasteiger partial charge in [-0.3, -0.25) is 0 Å². The number of anilines is 3. The van der Waals surface area contributed by atoms with Crippen LogP contribution in [-0.4, -0.2) is 0 Å². The fourth-order valence-electron chi connectivity index (χ4n) is 7.66. The molecule has 0 aliphatic carbocycles. The van der Waals surface area contributed by atoms with Crippen LogP contribution in [0, 0.1) is 0 Å². The Morgan fingerprint density at radius 3 is 1.70 bits per heavy atom. The summed E-state index contributed by atoms with van der Waals surface area (Å²) in [7, 11) is 0. The van der Waals surface area contributed by atoms with Gasteiger partial charge < -0.3 is 4.90 Å². The van der Waals surface area contributed by atoms with Crippen LogP contribution >= 0.6 is 11.3 Å². The van der Waals surface area contributed by atoms with Gasteiger partial charge in [0.15, 0.2) is 0 Å². The molecule has 1 nitrogen and oxygen atoms in total. The molecule has 0 bridgehead atoms. The van der Waals surface area contributed by atoms with Gasteiger partial charge in [-0.25, -0.2) is 0 Å². The van der Waals surface area contributed by atoms with E-state index in [1.807, 2.05) is 11.3 Å². The predicted molar refractivity (Wildman–Crippen MR) is 217 cm³/mol. The molecule has 234 valence electrons. The summed E-state index contributed by atoms with van der Waals surface area (Å²) < 4.78 is 2.60. The smallest absolute Gasteiger partial charge is 0.0640 e. The van der Waals surface area contributed by atoms with E-state index in [9.17, 15) is 0 Å². The number of hydrogen-bond donors (Lipinski definition) is 0. The van der Waals surface area contributed by atoms with E-state index in [-0.39, 0.29) is 0 Å². The topological polar surface area (TPSA) is 3.24 Å². The third-order valence-electron chi connectivity index (χ3n) is 10.1. The van der Waals surface area contributed by atoms with Crippen LogP contribution in [0.1, 0.15) is 0 Å². The molecule has 0 aliphatic heterocycles. The van der Waals surface area contributed by atoms with Crippen molar-refractivity contribution in [3.05, 3.63) is 188 Å². The zero-order chi connectivity index (χ0) is 33.0. The highest BCUT2D eigenvalue weighted by Crippen LogP contribution is 2.46. The summed E-state index contributed by atoms with van der Waals surface area (Å²) in [5, 5.41) is 10.3. The first kappa shape index (κ1) is 28.8. The van der Waals surface area contributed by atoms with E-state index >= 15 is 0 Å². The van der Waals surface area contributed by atoms with Gasteiger partial charge in [-0.2, -0.15) is 0 Å². The van der Waals surface area contributed by atoms with Gasteiger partial charge in [0, 0.05) is 26.8 Å². The van der Waals surface area contributed by atoms with Crippen LogP contribution in [-0.2, 0) is 0 Å². The molecule has 0 spiro atoms. The van der Waals surface area contributed by atoms with E-state index in [0.29, 0.717) is 0 Å². The predicted octanol–water partition coefficient (Wildman–Crippen LogP) is 14.3. The molecule has 0 saturated heterocycles. The van der Waals surface area contributed by atoms with E-state index in [4.69, 9.17) is 0 Å². The minimum Gasteiger partial charge on any atom is -0.309 e. The second kappa shape index (κ2) is 11.7. The average molecular weight is 654 g/mol. The molecule has 0 saturated carbocycles. The number of nitrogens with zero attached hydrogens (tertiary/aromatic N) is 1. The first-order valence-electron chi connectivity index (χ1n) is 17.1. The number of hydrogen-bond acceptors (Lipinski definition) is 2. The minimum atomic E-state index is 1.13. The zero-order valence-corrected chi connectivity index (χ0v) is 28.1. The Labute approximate surface area is 294 Å². The molecule has 0 fully saturated rings. The second-order valence-corrected chi connectivity index (χ2v) is 14.0. The highest BCUT2D eigenvalue weighted by Gasteiger charge is 2.19. The molecular formula is C48H31NS. The van der Waals surface area contributed by atoms with E-state index in [0.717, 1.165) is 11.4 Å². The lowest BCUT2D eigenvalue weighted by atomic mass is 9.91. The lowest BCUT2D eigenvalue weighted by Gasteiger charge is -2.26. The second-order valence-electron chi connectivity index (χ2n) is 12.9. The van der Waals surface area contributed by atoms with Crippen molar-refractivity contribution < 1.29 is 0 Å². The standard InChI is InChI=1S/C48H31NS/c1-2-11-32(12-3-1)33-21-26-36(27-22-33)49(46-19-10-18-43-42-17-8-9-20-47(42)50-48(43)46)37-28-23-35(24-29-37)44-31-45-38-14-5-4-13-34(38)25-30-41(45)39-15-6-7-16-40(39)44/h1-31H. The van der Waals surface area contributed by atoms with Crippen molar-refractivity contribution in [1.82, 2.24) is 0 Å². The quantitative estimate of drug-likeness (QED) is 0.167. The first-order chi connectivity index (χ1) is 24.8. The molecule has 50 heavy (non-hydrogen) atoms. The van der Waals surface area contributed by atoms with E-state index in [1.54, 1.807) is 0 Å². The third kappa shape index (κ3) is 4.69. The van der Waals surface area contributed by atoms with Gasteiger partial charge >= 0.3 is 0 Å². The van der Waals surface area contributed by atoms with Gasteiger partial charge in [0.25, 0.3) is 0 Å². The molecule has 0 radical (unpaired) electrons. The summed E-state index contributed by atoms with van der Waals surface area (Å²) in [6.07, 6.45) is 0. The third-order valence-corrected chi connectivity index (χ3v) is 11.3. The van der Waals surface area contributed by atoms with Gasteiger partial charge in [-0.1, -0.05) is 146 Å². The van der Waals surface area contributed by atoms with Crippen molar-refractivity contribution in [2.75, 3.05) is 4.90 Å². The molecule has 0 aliphatic rings. The van der Waals surface area contributed by atoms with Gasteiger partial charge in [-0.15, -0.1) is 11.3 Å². The van der Waals surface area contributed by atoms with Crippen LogP contribution in [0.3, 0.4) is 0 Å². The maximum absolute atomic E-state index is 2.42. The summed E-state index contributed by atoms with van der Waals surface area (Å²) in [5.74, 6) is 0. The van der Waals surface area contributed by atoms with E-state index in [1.165, 1.54) is 80.4 Å². The summed E-state index contributed by atoms with van der Waals surface area (Å²) in [6.45, 7) is 0. The van der Waals surface area contributed by atoms with Crippen molar-refractivity contribution >= 4 is 80.9 Å². The van der Waals surface area contributed by atoms with Crippen molar-refractivity contribution in [3.8, 4) is 22.3 Å². The summed E-state index contributed by atoms with van der Waals surface area (Å²) in [4.78, 5) is 2.42. The van der Waals surface area contributed by atoms with Crippen molar-refractivity contribution in [2.45, 2.75) is 0 Å². The van der Waals surface area contributed by atoms with Crippen LogP contribution in [0.5, 0.6) is 0 Å². The fraction of sp³-hybridized carbons (Fsp3) is 0. The molecule has 1 heterocycles. The maximum Gasteiger partial charge on any atom is 0.0640 e. The molecular weight excluding hydrogens is 623 g/mol. The summed E-state index contributed by atoms with van der Waals surface area (Å²) in [5.41, 5.74) is 8.33. The Morgan fingerprint density at radius 2 is 0.920 bits per heavy atom. The Hall–Kier alpha value is -6.22. The van der Waals surface area contributed by atoms with Gasteiger partial charge in [0.2, 0.25) is 0 Å². The Balaban J connectivity index is 1.15. The Morgan fingerprint density at radius 1 is 0.340 bits per heavy atom. The summed E-state index contributed by atoms with van der Waals surface area (Å²) in [6, 6.07) is 68.7. The van der Waals surface area contributed by atoms with Crippen LogP contribution in [0.15, 0.2) is 188 Å². The molecule has 10 aromatic rings. The number of benzene rings is 9. The number of fused-ring (bicyclic) bond motifs is 8. The van der Waals surface area contributed by atoms with Crippen LogP contribution in [0.4, 0.5) is 17.1 Å². The Bertz CT molecular complexity index is 2850. The fourth-order valence-corrected chi connectivity index (χ4v) is 8.87. The lowest BCUT2D eigenvalue weighted by molar-refractivity contribution is 1.30. The van der Waals surface area contributed by atoms with Gasteiger partial charge in [-0.05, 0) is 97.0 Å². The first-order valence-corrected chi connectivity index (χ1v) is 17.9. The SMILES string of the molecule is c1ccc(-c2ccc(N(c3ccc(-c4cc5c6ccccc6ccc5c5ccccc45)cc3)c3cccc4c3sc3ccccc34)cc2)cc1. The number of thiophene rings is 1. The molecule has 0 N–H and O–H groups in total. The molecule has 9 aromatic carbocycles. The number of rotatable bonds is 5. The molecule has 0 unspecified atom stereocenters. The molecule has 1 aromatic heterocycles. The van der Waals surface area contributed by atoms with Crippen molar-refractivity contribution in [2.24, 2.45) is 0 Å². The monoisotopic (exact) mass is 653 g/mol. The van der Waals surface area contributed by atoms with Crippen LogP contribution in [0.2, 0.25) is 0 Å².